The second-order valence-electron chi connectivity index (χ2n) is 3.41. The van der Waals surface area contributed by atoms with Crippen LogP contribution in [0.5, 0.6) is 0 Å². The van der Waals surface area contributed by atoms with E-state index in [1.54, 1.807) is 24.3 Å². The molecule has 0 heterocycles. The van der Waals surface area contributed by atoms with Crippen molar-refractivity contribution in [3.63, 3.8) is 0 Å². The maximum absolute atomic E-state index is 10.7. The summed E-state index contributed by atoms with van der Waals surface area (Å²) < 4.78 is 0.738. The first-order valence-corrected chi connectivity index (χ1v) is 5.48. The van der Waals surface area contributed by atoms with Crippen LogP contribution in [0.2, 0.25) is 0 Å². The van der Waals surface area contributed by atoms with E-state index in [1.807, 2.05) is 0 Å². The van der Waals surface area contributed by atoms with Crippen molar-refractivity contribution in [1.29, 1.82) is 0 Å². The van der Waals surface area contributed by atoms with Crippen LogP contribution in [0.4, 0.5) is 0 Å². The van der Waals surface area contributed by atoms with Crippen molar-refractivity contribution in [2.45, 2.75) is 18.8 Å². The van der Waals surface area contributed by atoms with Crippen LogP contribution >= 0.6 is 15.9 Å². The first-order chi connectivity index (χ1) is 7.50. The molecule has 0 aliphatic rings. The number of rotatable bonds is 5. The van der Waals surface area contributed by atoms with E-state index in [9.17, 15) is 9.59 Å². The van der Waals surface area contributed by atoms with Crippen LogP contribution in [-0.2, 0) is 9.59 Å². The van der Waals surface area contributed by atoms with E-state index in [4.69, 9.17) is 10.2 Å². The lowest BCUT2D eigenvalue weighted by molar-refractivity contribution is -0.139. The minimum atomic E-state index is -0.998. The van der Waals surface area contributed by atoms with Crippen LogP contribution in [0.3, 0.4) is 0 Å². The van der Waals surface area contributed by atoms with E-state index in [0.29, 0.717) is 5.56 Å². The van der Waals surface area contributed by atoms with Gasteiger partial charge in [0.25, 0.3) is 0 Å². The zero-order valence-corrected chi connectivity index (χ0v) is 9.98. The Balaban J connectivity index is 2.96. The lowest BCUT2D eigenvalue weighted by Gasteiger charge is -2.14. The molecule has 0 saturated carbocycles. The molecular weight excluding hydrogens is 276 g/mol. The van der Waals surface area contributed by atoms with Crippen molar-refractivity contribution < 1.29 is 19.8 Å². The van der Waals surface area contributed by atoms with Crippen LogP contribution in [0, 0.1) is 0 Å². The zero-order chi connectivity index (χ0) is 12.1. The second kappa shape index (κ2) is 5.65. The molecule has 1 rings (SSSR count). The Labute approximate surface area is 101 Å². The van der Waals surface area contributed by atoms with E-state index in [-0.39, 0.29) is 12.8 Å². The van der Waals surface area contributed by atoms with Crippen LogP contribution in [0.25, 0.3) is 0 Å². The van der Waals surface area contributed by atoms with Gasteiger partial charge >= 0.3 is 11.9 Å². The molecule has 0 fully saturated rings. The Kier molecular flexibility index (Phi) is 4.49. The fourth-order valence-electron chi connectivity index (χ4n) is 1.52. The molecule has 0 bridgehead atoms. The molecule has 0 unspecified atom stereocenters. The number of hydrogen-bond donors (Lipinski definition) is 2. The largest absolute Gasteiger partial charge is 0.481 e. The predicted octanol–water partition coefficient (Wildman–Crippen LogP) is 2.48. The highest BCUT2D eigenvalue weighted by Crippen LogP contribution is 2.29. The summed E-state index contributed by atoms with van der Waals surface area (Å²) in [7, 11) is 0. The van der Waals surface area contributed by atoms with Gasteiger partial charge < -0.3 is 10.2 Å². The van der Waals surface area contributed by atoms with Gasteiger partial charge in [0.15, 0.2) is 0 Å². The first-order valence-electron chi connectivity index (χ1n) is 4.68. The SMILES string of the molecule is O=C(O)CC(CC(=O)O)c1ccccc1Br. The maximum Gasteiger partial charge on any atom is 0.303 e. The predicted molar refractivity (Wildman–Crippen MR) is 61.4 cm³/mol. The summed E-state index contributed by atoms with van der Waals surface area (Å²) in [6, 6.07) is 7.07. The van der Waals surface area contributed by atoms with E-state index in [0.717, 1.165) is 4.47 Å². The fourth-order valence-corrected chi connectivity index (χ4v) is 2.13. The molecule has 0 saturated heterocycles. The summed E-state index contributed by atoms with van der Waals surface area (Å²) in [5.41, 5.74) is 0.715. The highest BCUT2D eigenvalue weighted by molar-refractivity contribution is 9.10. The standard InChI is InChI=1S/C11H11BrO4/c12-9-4-2-1-3-8(9)7(5-10(13)14)6-11(15)16/h1-4,7H,5-6H2,(H,13,14)(H,15,16). The molecule has 1 aromatic carbocycles. The smallest absolute Gasteiger partial charge is 0.303 e. The number of aliphatic carboxylic acids is 2. The fraction of sp³-hybridized carbons (Fsp3) is 0.273. The second-order valence-corrected chi connectivity index (χ2v) is 4.27. The Hall–Kier alpha value is -1.36. The third-order valence-corrected chi connectivity index (χ3v) is 2.91. The molecule has 0 aliphatic heterocycles. The average Bonchev–Trinajstić information content (AvgIpc) is 2.15. The third-order valence-electron chi connectivity index (χ3n) is 2.19. The zero-order valence-electron chi connectivity index (χ0n) is 8.39. The molecule has 86 valence electrons. The van der Waals surface area contributed by atoms with Gasteiger partial charge in [-0.2, -0.15) is 0 Å². The Morgan fingerprint density at radius 1 is 1.12 bits per heavy atom. The van der Waals surface area contributed by atoms with Gasteiger partial charge in [0, 0.05) is 10.4 Å². The maximum atomic E-state index is 10.7. The summed E-state index contributed by atoms with van der Waals surface area (Å²) in [6.07, 6.45) is -0.371. The third kappa shape index (κ3) is 3.66. The van der Waals surface area contributed by atoms with Gasteiger partial charge in [-0.3, -0.25) is 9.59 Å². The topological polar surface area (TPSA) is 74.6 Å². The van der Waals surface area contributed by atoms with Crippen molar-refractivity contribution >= 4 is 27.9 Å². The van der Waals surface area contributed by atoms with Gasteiger partial charge in [0.2, 0.25) is 0 Å². The van der Waals surface area contributed by atoms with E-state index >= 15 is 0 Å². The number of carboxylic acid groups (broad SMARTS) is 2. The normalized spacial score (nSPS) is 10.4. The lowest BCUT2D eigenvalue weighted by atomic mass is 9.93. The van der Waals surface area contributed by atoms with Crippen molar-refractivity contribution in [3.8, 4) is 0 Å². The summed E-state index contributed by atoms with van der Waals surface area (Å²) in [5, 5.41) is 17.5. The molecule has 4 nitrogen and oxygen atoms in total. The number of benzene rings is 1. The Morgan fingerprint density at radius 2 is 1.62 bits per heavy atom. The van der Waals surface area contributed by atoms with Crippen LogP contribution in [-0.4, -0.2) is 22.2 Å². The lowest BCUT2D eigenvalue weighted by Crippen LogP contribution is -2.11. The molecule has 16 heavy (non-hydrogen) atoms. The molecule has 5 heteroatoms. The molecule has 0 spiro atoms. The summed E-state index contributed by atoms with van der Waals surface area (Å²) >= 11 is 3.29. The van der Waals surface area contributed by atoms with Crippen LogP contribution < -0.4 is 0 Å². The molecule has 1 aromatic rings. The summed E-state index contributed by atoms with van der Waals surface area (Å²) in [6.45, 7) is 0. The number of carboxylic acids is 2. The minimum absolute atomic E-state index is 0.186. The van der Waals surface area contributed by atoms with Crippen molar-refractivity contribution in [1.82, 2.24) is 0 Å². The van der Waals surface area contributed by atoms with Crippen molar-refractivity contribution in [3.05, 3.63) is 34.3 Å². The van der Waals surface area contributed by atoms with Crippen LogP contribution in [0.1, 0.15) is 24.3 Å². The van der Waals surface area contributed by atoms with Gasteiger partial charge in [-0.05, 0) is 11.6 Å². The van der Waals surface area contributed by atoms with Gasteiger partial charge in [-0.1, -0.05) is 34.1 Å². The molecule has 0 aromatic heterocycles. The molecule has 0 aliphatic carbocycles. The molecule has 0 atom stereocenters. The van der Waals surface area contributed by atoms with E-state index in [2.05, 4.69) is 15.9 Å². The van der Waals surface area contributed by atoms with Gasteiger partial charge in [-0.25, -0.2) is 0 Å². The molecular formula is C11H11BrO4. The summed E-state index contributed by atoms with van der Waals surface area (Å²) in [5.74, 6) is -2.51. The number of carbonyl (C=O) groups is 2. The van der Waals surface area contributed by atoms with Crippen LogP contribution in [0.15, 0.2) is 28.7 Å². The molecule has 0 amide bonds. The average molecular weight is 287 g/mol. The minimum Gasteiger partial charge on any atom is -0.481 e. The monoisotopic (exact) mass is 286 g/mol. The highest BCUT2D eigenvalue weighted by atomic mass is 79.9. The van der Waals surface area contributed by atoms with Crippen molar-refractivity contribution in [2.75, 3.05) is 0 Å². The quantitative estimate of drug-likeness (QED) is 0.872. The Morgan fingerprint density at radius 3 is 2.06 bits per heavy atom. The van der Waals surface area contributed by atoms with E-state index < -0.39 is 17.9 Å². The first kappa shape index (κ1) is 12.7. The van der Waals surface area contributed by atoms with Gasteiger partial charge in [-0.15, -0.1) is 0 Å². The Bertz CT molecular complexity index is 387. The number of halogens is 1. The number of hydrogen-bond acceptors (Lipinski definition) is 2. The molecule has 0 radical (unpaired) electrons. The van der Waals surface area contributed by atoms with Crippen molar-refractivity contribution in [2.24, 2.45) is 0 Å². The van der Waals surface area contributed by atoms with E-state index in [1.165, 1.54) is 0 Å². The van der Waals surface area contributed by atoms with Gasteiger partial charge in [0.05, 0.1) is 12.8 Å². The van der Waals surface area contributed by atoms with Gasteiger partial charge in [0.1, 0.15) is 0 Å². The molecule has 2 N–H and O–H groups in total. The highest BCUT2D eigenvalue weighted by Gasteiger charge is 2.20. The summed E-state index contributed by atoms with van der Waals surface area (Å²) in [4.78, 5) is 21.3.